The first-order valence-electron chi connectivity index (χ1n) is 5.30. The van der Waals surface area contributed by atoms with Gasteiger partial charge in [-0.1, -0.05) is 66.2 Å². The van der Waals surface area contributed by atoms with Crippen molar-refractivity contribution in [3.8, 4) is 0 Å². The molecule has 0 atom stereocenters. The van der Waals surface area contributed by atoms with Crippen LogP contribution in [0.5, 0.6) is 0 Å². The third-order valence-electron chi connectivity index (χ3n) is 2.38. The molecule has 0 nitrogen and oxygen atoms in total. The van der Waals surface area contributed by atoms with Crippen molar-refractivity contribution in [2.75, 3.05) is 0 Å². The summed E-state index contributed by atoms with van der Waals surface area (Å²) < 4.78 is 0. The van der Waals surface area contributed by atoms with Crippen LogP contribution in [0, 0.1) is 0 Å². The van der Waals surface area contributed by atoms with Gasteiger partial charge in [0, 0.05) is 5.02 Å². The Hall–Kier alpha value is -1.53. The molecule has 2 aromatic rings. The molecule has 2 aromatic carbocycles. The molecule has 0 aliphatic heterocycles. The molecule has 0 saturated heterocycles. The maximum atomic E-state index is 5.82. The van der Waals surface area contributed by atoms with Gasteiger partial charge in [-0.3, -0.25) is 0 Å². The Morgan fingerprint density at radius 1 is 0.875 bits per heavy atom. The Kier molecular flexibility index (Phi) is 3.79. The molecule has 0 amide bonds. The Bertz CT molecular complexity index is 455. The number of rotatable bonds is 3. The minimum atomic E-state index is 0.778. The molecule has 80 valence electrons. The monoisotopic (exact) mass is 228 g/mol. The lowest BCUT2D eigenvalue weighted by molar-refractivity contribution is 1.28. The summed E-state index contributed by atoms with van der Waals surface area (Å²) in [6, 6.07) is 18.3. The van der Waals surface area contributed by atoms with Gasteiger partial charge in [0.1, 0.15) is 0 Å². The third-order valence-corrected chi connectivity index (χ3v) is 2.63. The average molecular weight is 229 g/mol. The van der Waals surface area contributed by atoms with Crippen LogP contribution < -0.4 is 0 Å². The zero-order valence-corrected chi connectivity index (χ0v) is 9.69. The fourth-order valence-corrected chi connectivity index (χ4v) is 1.65. The quantitative estimate of drug-likeness (QED) is 0.721. The molecule has 0 radical (unpaired) electrons. The highest BCUT2D eigenvalue weighted by molar-refractivity contribution is 6.30. The summed E-state index contributed by atoms with van der Waals surface area (Å²) >= 11 is 5.82. The third kappa shape index (κ3) is 3.25. The normalized spacial score (nSPS) is 10.8. The minimum Gasteiger partial charge on any atom is -0.0843 e. The molecule has 0 unspecified atom stereocenters. The van der Waals surface area contributed by atoms with Crippen molar-refractivity contribution >= 4 is 17.7 Å². The van der Waals surface area contributed by atoms with Gasteiger partial charge in [0.15, 0.2) is 0 Å². The minimum absolute atomic E-state index is 0.778. The van der Waals surface area contributed by atoms with Crippen molar-refractivity contribution < 1.29 is 0 Å². The Morgan fingerprint density at radius 3 is 2.25 bits per heavy atom. The van der Waals surface area contributed by atoms with Crippen LogP contribution in [0.1, 0.15) is 11.1 Å². The molecule has 0 spiro atoms. The second kappa shape index (κ2) is 5.53. The molecule has 0 heterocycles. The molecular weight excluding hydrogens is 216 g/mol. The second-order valence-corrected chi connectivity index (χ2v) is 4.08. The van der Waals surface area contributed by atoms with E-state index in [4.69, 9.17) is 11.6 Å². The first kappa shape index (κ1) is 11.0. The first-order chi connectivity index (χ1) is 7.84. The number of hydrogen-bond donors (Lipinski definition) is 0. The van der Waals surface area contributed by atoms with Crippen molar-refractivity contribution in [1.82, 2.24) is 0 Å². The molecule has 1 heteroatoms. The number of hydrogen-bond acceptors (Lipinski definition) is 0. The highest BCUT2D eigenvalue weighted by Crippen LogP contribution is 2.11. The van der Waals surface area contributed by atoms with E-state index in [0.717, 1.165) is 11.4 Å². The summed E-state index contributed by atoms with van der Waals surface area (Å²) in [6.07, 6.45) is 5.24. The molecule has 2 rings (SSSR count). The molecule has 0 aliphatic carbocycles. The van der Waals surface area contributed by atoms with Gasteiger partial charge < -0.3 is 0 Å². The number of benzene rings is 2. The topological polar surface area (TPSA) is 0 Å². The van der Waals surface area contributed by atoms with Crippen LogP contribution in [0.15, 0.2) is 60.7 Å². The Morgan fingerprint density at radius 2 is 1.56 bits per heavy atom. The van der Waals surface area contributed by atoms with E-state index in [2.05, 4.69) is 36.4 Å². The van der Waals surface area contributed by atoms with Crippen molar-refractivity contribution in [3.05, 3.63) is 76.8 Å². The first-order valence-corrected chi connectivity index (χ1v) is 5.68. The molecule has 16 heavy (non-hydrogen) atoms. The summed E-state index contributed by atoms with van der Waals surface area (Å²) in [4.78, 5) is 0. The molecule has 0 bridgehead atoms. The molecule has 0 aliphatic rings. The van der Waals surface area contributed by atoms with Crippen LogP contribution >= 0.6 is 11.6 Å². The summed E-state index contributed by atoms with van der Waals surface area (Å²) in [7, 11) is 0. The highest BCUT2D eigenvalue weighted by atomic mass is 35.5. The van der Waals surface area contributed by atoms with Crippen LogP contribution in [0.2, 0.25) is 5.02 Å². The van der Waals surface area contributed by atoms with Crippen LogP contribution in [0.3, 0.4) is 0 Å². The van der Waals surface area contributed by atoms with Crippen LogP contribution in [-0.2, 0) is 6.42 Å². The standard InChI is InChI=1S/C15H13Cl/c16-15-11-9-14(10-12-15)8-4-7-13-5-2-1-3-6-13/h1-6,8-12H,7H2/b8-4-. The van der Waals surface area contributed by atoms with Crippen molar-refractivity contribution in [2.45, 2.75) is 6.42 Å². The van der Waals surface area contributed by atoms with E-state index < -0.39 is 0 Å². The molecule has 0 N–H and O–H groups in total. The van der Waals surface area contributed by atoms with E-state index in [-0.39, 0.29) is 0 Å². The predicted octanol–water partition coefficient (Wildman–Crippen LogP) is 4.60. The van der Waals surface area contributed by atoms with Crippen molar-refractivity contribution in [1.29, 1.82) is 0 Å². The summed E-state index contributed by atoms with van der Waals surface area (Å²) in [5.41, 5.74) is 2.51. The van der Waals surface area contributed by atoms with Gasteiger partial charge in [-0.25, -0.2) is 0 Å². The maximum Gasteiger partial charge on any atom is 0.0406 e. The Balaban J connectivity index is 1.98. The van der Waals surface area contributed by atoms with Gasteiger partial charge in [0.2, 0.25) is 0 Å². The van der Waals surface area contributed by atoms with E-state index in [1.54, 1.807) is 0 Å². The highest BCUT2D eigenvalue weighted by Gasteiger charge is 1.88. The summed E-state index contributed by atoms with van der Waals surface area (Å²) in [6.45, 7) is 0. The Labute approximate surface area is 101 Å². The van der Waals surface area contributed by atoms with Crippen LogP contribution in [0.4, 0.5) is 0 Å². The van der Waals surface area contributed by atoms with Gasteiger partial charge in [0.05, 0.1) is 0 Å². The van der Waals surface area contributed by atoms with Crippen molar-refractivity contribution in [3.63, 3.8) is 0 Å². The fourth-order valence-electron chi connectivity index (χ4n) is 1.52. The van der Waals surface area contributed by atoms with Gasteiger partial charge in [-0.05, 0) is 29.7 Å². The molecule has 0 fully saturated rings. The van der Waals surface area contributed by atoms with E-state index in [1.807, 2.05) is 30.3 Å². The van der Waals surface area contributed by atoms with Gasteiger partial charge in [-0.15, -0.1) is 0 Å². The van der Waals surface area contributed by atoms with Gasteiger partial charge in [-0.2, -0.15) is 0 Å². The average Bonchev–Trinajstić information content (AvgIpc) is 2.33. The number of allylic oxidation sites excluding steroid dienone is 1. The summed E-state index contributed by atoms with van der Waals surface area (Å²) in [5.74, 6) is 0. The SMILES string of the molecule is Clc1ccc(/C=C\Cc2ccccc2)cc1. The summed E-state index contributed by atoms with van der Waals surface area (Å²) in [5, 5.41) is 0.778. The van der Waals surface area contributed by atoms with Crippen molar-refractivity contribution in [2.24, 2.45) is 0 Å². The van der Waals surface area contributed by atoms with E-state index in [1.165, 1.54) is 11.1 Å². The number of halogens is 1. The fraction of sp³-hybridized carbons (Fsp3) is 0.0667. The second-order valence-electron chi connectivity index (χ2n) is 3.64. The predicted molar refractivity (Wildman–Crippen MR) is 70.6 cm³/mol. The lowest BCUT2D eigenvalue weighted by Gasteiger charge is -1.95. The molecule has 0 saturated carbocycles. The largest absolute Gasteiger partial charge is 0.0843 e. The van der Waals surface area contributed by atoms with E-state index in [0.29, 0.717) is 0 Å². The van der Waals surface area contributed by atoms with Gasteiger partial charge >= 0.3 is 0 Å². The van der Waals surface area contributed by atoms with Crippen LogP contribution in [0.25, 0.3) is 6.08 Å². The van der Waals surface area contributed by atoms with E-state index >= 15 is 0 Å². The molecular formula is C15H13Cl. The molecule has 0 aromatic heterocycles. The smallest absolute Gasteiger partial charge is 0.0406 e. The lowest BCUT2D eigenvalue weighted by atomic mass is 10.1. The van der Waals surface area contributed by atoms with Crippen LogP contribution in [-0.4, -0.2) is 0 Å². The maximum absolute atomic E-state index is 5.82. The van der Waals surface area contributed by atoms with Gasteiger partial charge in [0.25, 0.3) is 0 Å². The van der Waals surface area contributed by atoms with E-state index in [9.17, 15) is 0 Å². The zero-order chi connectivity index (χ0) is 11.2. The zero-order valence-electron chi connectivity index (χ0n) is 8.94. The lowest BCUT2D eigenvalue weighted by Crippen LogP contribution is -1.78.